The minimum atomic E-state index is -0.368. The molecule has 0 bridgehead atoms. The predicted octanol–water partition coefficient (Wildman–Crippen LogP) is 2.84. The van der Waals surface area contributed by atoms with Gasteiger partial charge in [0.1, 0.15) is 0 Å². The molecule has 1 aliphatic heterocycles. The Morgan fingerprint density at radius 1 is 1.17 bits per heavy atom. The van der Waals surface area contributed by atoms with E-state index in [4.69, 9.17) is 4.52 Å². The highest BCUT2D eigenvalue weighted by Gasteiger charge is 2.35. The summed E-state index contributed by atoms with van der Waals surface area (Å²) in [5, 5.41) is 6.97. The molecular formula is C22H22N4O3. The molecule has 4 rings (SSSR count). The molecule has 0 saturated carbocycles. The number of hydrogen-bond acceptors (Lipinski definition) is 5. The fourth-order valence-electron chi connectivity index (χ4n) is 3.46. The lowest BCUT2D eigenvalue weighted by atomic mass is 10.1. The molecular weight excluding hydrogens is 368 g/mol. The number of nitrogens with one attached hydrogen (secondary N) is 1. The van der Waals surface area contributed by atoms with Crippen molar-refractivity contribution in [3.63, 3.8) is 0 Å². The summed E-state index contributed by atoms with van der Waals surface area (Å²) < 4.78 is 5.31. The second-order valence-corrected chi connectivity index (χ2v) is 7.23. The summed E-state index contributed by atoms with van der Waals surface area (Å²) in [6.07, 6.45) is 0.640. The fraction of sp³-hybridized carbons (Fsp3) is 0.273. The summed E-state index contributed by atoms with van der Waals surface area (Å²) >= 11 is 0. The van der Waals surface area contributed by atoms with Crippen molar-refractivity contribution in [3.05, 3.63) is 66.6 Å². The lowest BCUT2D eigenvalue weighted by Gasteiger charge is -2.18. The van der Waals surface area contributed by atoms with E-state index >= 15 is 0 Å². The van der Waals surface area contributed by atoms with Gasteiger partial charge in [-0.3, -0.25) is 9.59 Å². The largest absolute Gasteiger partial charge is 0.353 e. The molecule has 3 aromatic rings. The van der Waals surface area contributed by atoms with Crippen LogP contribution < -0.4 is 10.2 Å². The first kappa shape index (κ1) is 18.9. The van der Waals surface area contributed by atoms with E-state index in [2.05, 4.69) is 15.5 Å². The number of carbonyl (C=O) groups excluding carboxylic acids is 2. The number of aromatic nitrogens is 2. The highest BCUT2D eigenvalue weighted by Crippen LogP contribution is 2.25. The number of hydrogen-bond donors (Lipinski definition) is 1. The molecule has 0 spiro atoms. The molecule has 1 saturated heterocycles. The van der Waals surface area contributed by atoms with E-state index in [1.165, 1.54) is 0 Å². The van der Waals surface area contributed by atoms with Crippen molar-refractivity contribution in [3.8, 4) is 11.4 Å². The summed E-state index contributed by atoms with van der Waals surface area (Å²) in [5.74, 6) is 0.456. The Labute approximate surface area is 168 Å². The Hall–Kier alpha value is -3.48. The van der Waals surface area contributed by atoms with E-state index in [9.17, 15) is 9.59 Å². The zero-order chi connectivity index (χ0) is 20.2. The van der Waals surface area contributed by atoms with Gasteiger partial charge in [0.05, 0.1) is 5.92 Å². The maximum Gasteiger partial charge on any atom is 0.229 e. The second-order valence-electron chi connectivity index (χ2n) is 7.23. The molecule has 1 aliphatic rings. The maximum atomic E-state index is 12.6. The molecule has 0 unspecified atom stereocenters. The van der Waals surface area contributed by atoms with Gasteiger partial charge in [0, 0.05) is 36.7 Å². The Morgan fingerprint density at radius 3 is 2.59 bits per heavy atom. The average molecular weight is 390 g/mol. The van der Waals surface area contributed by atoms with Crippen molar-refractivity contribution < 1.29 is 14.1 Å². The third kappa shape index (κ3) is 4.34. The van der Waals surface area contributed by atoms with Crippen molar-refractivity contribution in [2.45, 2.75) is 25.8 Å². The van der Waals surface area contributed by atoms with Crippen LogP contribution in [-0.4, -0.2) is 34.5 Å². The van der Waals surface area contributed by atoms with Crippen LogP contribution in [0.2, 0.25) is 0 Å². The highest BCUT2D eigenvalue weighted by atomic mass is 16.5. The average Bonchev–Trinajstić information content (AvgIpc) is 3.36. The highest BCUT2D eigenvalue weighted by molar-refractivity contribution is 6.00. The van der Waals surface area contributed by atoms with E-state index in [0.717, 1.165) is 11.3 Å². The Morgan fingerprint density at radius 2 is 1.86 bits per heavy atom. The van der Waals surface area contributed by atoms with Crippen LogP contribution in [0.3, 0.4) is 0 Å². The van der Waals surface area contributed by atoms with Gasteiger partial charge in [-0.15, -0.1) is 0 Å². The standard InChI is InChI=1S/C22H22N4O3/c1-15(12-19-24-21(25-29-19)16-8-4-2-5-9-16)23-22(28)17-13-20(27)26(14-17)18-10-6-3-7-11-18/h2-11,15,17H,12-14H2,1H3,(H,23,28)/t15-,17-/m1/s1. The monoisotopic (exact) mass is 390 g/mol. The third-order valence-corrected chi connectivity index (χ3v) is 4.93. The van der Waals surface area contributed by atoms with E-state index in [0.29, 0.717) is 24.7 Å². The Bertz CT molecular complexity index is 988. The first-order chi connectivity index (χ1) is 14.1. The fourth-order valence-corrected chi connectivity index (χ4v) is 3.46. The topological polar surface area (TPSA) is 88.3 Å². The minimum absolute atomic E-state index is 0.0339. The zero-order valence-electron chi connectivity index (χ0n) is 16.1. The van der Waals surface area contributed by atoms with E-state index in [1.54, 1.807) is 4.90 Å². The molecule has 1 N–H and O–H groups in total. The molecule has 2 atom stereocenters. The van der Waals surface area contributed by atoms with Gasteiger partial charge in [0.25, 0.3) is 0 Å². The van der Waals surface area contributed by atoms with Gasteiger partial charge >= 0.3 is 0 Å². The molecule has 7 nitrogen and oxygen atoms in total. The van der Waals surface area contributed by atoms with Crippen LogP contribution in [0.4, 0.5) is 5.69 Å². The minimum Gasteiger partial charge on any atom is -0.353 e. The van der Waals surface area contributed by atoms with Crippen LogP contribution in [0.25, 0.3) is 11.4 Å². The summed E-state index contributed by atoms with van der Waals surface area (Å²) in [7, 11) is 0. The normalized spacial score (nSPS) is 17.3. The van der Waals surface area contributed by atoms with Gasteiger partial charge in [-0.25, -0.2) is 0 Å². The van der Waals surface area contributed by atoms with Crippen molar-refractivity contribution >= 4 is 17.5 Å². The van der Waals surface area contributed by atoms with Crippen molar-refractivity contribution in [1.82, 2.24) is 15.5 Å². The van der Waals surface area contributed by atoms with Gasteiger partial charge in [-0.05, 0) is 19.1 Å². The third-order valence-electron chi connectivity index (χ3n) is 4.93. The number of amides is 2. The molecule has 2 aromatic carbocycles. The van der Waals surface area contributed by atoms with Crippen LogP contribution in [0, 0.1) is 5.92 Å². The van der Waals surface area contributed by atoms with E-state index in [1.807, 2.05) is 67.6 Å². The van der Waals surface area contributed by atoms with Gasteiger partial charge in [-0.2, -0.15) is 4.98 Å². The molecule has 29 heavy (non-hydrogen) atoms. The van der Waals surface area contributed by atoms with Crippen LogP contribution in [0.1, 0.15) is 19.2 Å². The van der Waals surface area contributed by atoms with Gasteiger partial charge in [0.2, 0.25) is 23.5 Å². The lowest BCUT2D eigenvalue weighted by molar-refractivity contribution is -0.126. The summed E-state index contributed by atoms with van der Waals surface area (Å²) in [4.78, 5) is 31.0. The quantitative estimate of drug-likeness (QED) is 0.699. The molecule has 7 heteroatoms. The maximum absolute atomic E-state index is 12.6. The van der Waals surface area contributed by atoms with Gasteiger partial charge in [0.15, 0.2) is 0 Å². The van der Waals surface area contributed by atoms with Gasteiger partial charge < -0.3 is 14.7 Å². The van der Waals surface area contributed by atoms with E-state index in [-0.39, 0.29) is 30.2 Å². The Kier molecular flexibility index (Phi) is 5.37. The molecule has 2 heterocycles. The molecule has 0 radical (unpaired) electrons. The Balaban J connectivity index is 1.33. The summed E-state index contributed by atoms with van der Waals surface area (Å²) in [6, 6.07) is 18.8. The van der Waals surface area contributed by atoms with Crippen LogP contribution in [0.5, 0.6) is 0 Å². The number of anilines is 1. The number of nitrogens with zero attached hydrogens (tertiary/aromatic N) is 3. The number of para-hydroxylation sites is 1. The SMILES string of the molecule is C[C@H](Cc1nc(-c2ccccc2)no1)NC(=O)[C@@H]1CC(=O)N(c2ccccc2)C1. The molecule has 2 amide bonds. The van der Waals surface area contributed by atoms with Crippen LogP contribution in [-0.2, 0) is 16.0 Å². The second kappa shape index (κ2) is 8.26. The first-order valence-corrected chi connectivity index (χ1v) is 9.64. The number of rotatable bonds is 6. The molecule has 148 valence electrons. The van der Waals surface area contributed by atoms with Gasteiger partial charge in [-0.1, -0.05) is 53.7 Å². The molecule has 0 aliphatic carbocycles. The van der Waals surface area contributed by atoms with Crippen molar-refractivity contribution in [2.24, 2.45) is 5.92 Å². The van der Waals surface area contributed by atoms with Crippen LogP contribution >= 0.6 is 0 Å². The number of benzene rings is 2. The summed E-state index contributed by atoms with van der Waals surface area (Å²) in [6.45, 7) is 2.27. The smallest absolute Gasteiger partial charge is 0.229 e. The predicted molar refractivity (Wildman–Crippen MR) is 108 cm³/mol. The van der Waals surface area contributed by atoms with Crippen molar-refractivity contribution in [1.29, 1.82) is 0 Å². The van der Waals surface area contributed by atoms with Crippen LogP contribution in [0.15, 0.2) is 65.2 Å². The molecule has 1 aromatic heterocycles. The lowest BCUT2D eigenvalue weighted by Crippen LogP contribution is -2.39. The van der Waals surface area contributed by atoms with Crippen molar-refractivity contribution in [2.75, 3.05) is 11.4 Å². The summed E-state index contributed by atoms with van der Waals surface area (Å²) in [5.41, 5.74) is 1.70. The number of carbonyl (C=O) groups is 2. The first-order valence-electron chi connectivity index (χ1n) is 9.64. The molecule has 1 fully saturated rings. The zero-order valence-corrected chi connectivity index (χ0v) is 16.1. The van der Waals surface area contributed by atoms with E-state index < -0.39 is 0 Å².